The van der Waals surface area contributed by atoms with Gasteiger partial charge < -0.3 is 19.5 Å². The summed E-state index contributed by atoms with van der Waals surface area (Å²) in [5.74, 6) is 0.0184. The summed E-state index contributed by atoms with van der Waals surface area (Å²) < 4.78 is 6.99. The SMILES string of the molecule is COC(=O)c1ccc2c(C3CCCCC3)c3n(c2c1)C[C@@H](O)[C@@H](O)c1ncccc1-3. The van der Waals surface area contributed by atoms with E-state index in [2.05, 4.69) is 9.55 Å². The van der Waals surface area contributed by atoms with Gasteiger partial charge in [0, 0.05) is 22.7 Å². The minimum Gasteiger partial charge on any atom is -0.465 e. The maximum Gasteiger partial charge on any atom is 0.337 e. The van der Waals surface area contributed by atoms with Gasteiger partial charge in [0.2, 0.25) is 0 Å². The Morgan fingerprint density at radius 2 is 1.97 bits per heavy atom. The second kappa shape index (κ2) is 7.52. The summed E-state index contributed by atoms with van der Waals surface area (Å²) in [5.41, 5.74) is 4.99. The number of rotatable bonds is 2. The number of aromatic nitrogens is 2. The Hall–Kier alpha value is -2.70. The average Bonchev–Trinajstić information content (AvgIpc) is 3.06. The first kappa shape index (κ1) is 19.3. The molecule has 156 valence electrons. The number of nitrogens with zero attached hydrogens (tertiary/aromatic N) is 2. The molecule has 1 fully saturated rings. The molecule has 0 amide bonds. The lowest BCUT2D eigenvalue weighted by Gasteiger charge is -2.23. The molecule has 3 heterocycles. The number of fused-ring (bicyclic) bond motifs is 5. The van der Waals surface area contributed by atoms with Gasteiger partial charge >= 0.3 is 5.97 Å². The van der Waals surface area contributed by atoms with Gasteiger partial charge in [0.15, 0.2) is 0 Å². The molecule has 5 rings (SSSR count). The lowest BCUT2D eigenvalue weighted by molar-refractivity contribution is 0.00883. The number of esters is 1. The van der Waals surface area contributed by atoms with Crippen molar-refractivity contribution < 1.29 is 19.7 Å². The molecule has 30 heavy (non-hydrogen) atoms. The van der Waals surface area contributed by atoms with E-state index in [9.17, 15) is 15.0 Å². The second-order valence-electron chi connectivity index (χ2n) is 8.38. The zero-order valence-electron chi connectivity index (χ0n) is 17.0. The van der Waals surface area contributed by atoms with Crippen molar-refractivity contribution in [1.82, 2.24) is 9.55 Å². The van der Waals surface area contributed by atoms with E-state index in [1.807, 2.05) is 30.3 Å². The van der Waals surface area contributed by atoms with Crippen LogP contribution in [0.5, 0.6) is 0 Å². The lowest BCUT2D eigenvalue weighted by atomic mass is 9.81. The molecule has 0 bridgehead atoms. The van der Waals surface area contributed by atoms with Crippen LogP contribution in [0, 0.1) is 0 Å². The predicted molar refractivity (Wildman–Crippen MR) is 113 cm³/mol. The summed E-state index contributed by atoms with van der Waals surface area (Å²) in [6.45, 7) is 0.237. The average molecular weight is 406 g/mol. The number of benzene rings is 1. The number of hydrogen-bond acceptors (Lipinski definition) is 5. The normalized spacial score (nSPS) is 21.7. The number of hydrogen-bond donors (Lipinski definition) is 2. The van der Waals surface area contributed by atoms with Gasteiger partial charge in [-0.25, -0.2) is 4.79 Å². The number of methoxy groups -OCH3 is 1. The monoisotopic (exact) mass is 406 g/mol. The molecular formula is C24H26N2O4. The van der Waals surface area contributed by atoms with Crippen molar-refractivity contribution in [2.24, 2.45) is 0 Å². The number of carbonyl (C=O) groups excluding carboxylic acids is 1. The van der Waals surface area contributed by atoms with Crippen molar-refractivity contribution in [3.05, 3.63) is 53.3 Å². The van der Waals surface area contributed by atoms with Gasteiger partial charge in [0.25, 0.3) is 0 Å². The van der Waals surface area contributed by atoms with Crippen LogP contribution in [0.15, 0.2) is 36.5 Å². The third kappa shape index (κ3) is 2.94. The van der Waals surface area contributed by atoms with Crippen LogP contribution in [-0.4, -0.2) is 38.9 Å². The van der Waals surface area contributed by atoms with Crippen molar-refractivity contribution >= 4 is 16.9 Å². The van der Waals surface area contributed by atoms with Crippen LogP contribution in [0.4, 0.5) is 0 Å². The Kier molecular flexibility index (Phi) is 4.83. The number of aliphatic hydroxyl groups is 2. The Morgan fingerprint density at radius 1 is 1.17 bits per heavy atom. The van der Waals surface area contributed by atoms with Gasteiger partial charge in [-0.1, -0.05) is 25.3 Å². The van der Waals surface area contributed by atoms with Gasteiger partial charge in [-0.3, -0.25) is 4.98 Å². The number of ether oxygens (including phenoxy) is 1. The maximum atomic E-state index is 12.2. The molecule has 1 aliphatic heterocycles. The molecule has 1 aliphatic carbocycles. The van der Waals surface area contributed by atoms with E-state index < -0.39 is 12.2 Å². The van der Waals surface area contributed by atoms with Gasteiger partial charge in [-0.05, 0) is 48.6 Å². The maximum absolute atomic E-state index is 12.2. The molecule has 6 heteroatoms. The van der Waals surface area contributed by atoms with Crippen LogP contribution >= 0.6 is 0 Å². The standard InChI is InChI=1S/C24H26N2O4/c1-30-24(29)15-9-10-16-18(12-15)26-13-19(27)23(28)21-17(8-5-11-25-21)22(26)20(16)14-6-3-2-4-7-14/h5,8-12,14,19,23,27-28H,2-4,6-7,13H2,1H3/t19-,23-/m1/s1. The highest BCUT2D eigenvalue weighted by molar-refractivity contribution is 5.99. The molecule has 0 spiro atoms. The van der Waals surface area contributed by atoms with Crippen LogP contribution < -0.4 is 0 Å². The highest BCUT2D eigenvalue weighted by atomic mass is 16.5. The van der Waals surface area contributed by atoms with Crippen LogP contribution in [0.3, 0.4) is 0 Å². The Labute approximate surface area is 175 Å². The number of carbonyl (C=O) groups is 1. The summed E-state index contributed by atoms with van der Waals surface area (Å²) in [4.78, 5) is 16.6. The summed E-state index contributed by atoms with van der Waals surface area (Å²) in [5, 5.41) is 22.6. The van der Waals surface area contributed by atoms with E-state index in [4.69, 9.17) is 4.74 Å². The summed E-state index contributed by atoms with van der Waals surface area (Å²) in [6.07, 6.45) is 5.49. The van der Waals surface area contributed by atoms with Gasteiger partial charge in [-0.15, -0.1) is 0 Å². The van der Waals surface area contributed by atoms with E-state index in [1.165, 1.54) is 31.9 Å². The summed E-state index contributed by atoms with van der Waals surface area (Å²) in [7, 11) is 1.38. The highest BCUT2D eigenvalue weighted by Gasteiger charge is 2.34. The lowest BCUT2D eigenvalue weighted by Crippen LogP contribution is -2.22. The molecule has 0 unspecified atom stereocenters. The molecule has 0 radical (unpaired) electrons. The van der Waals surface area contributed by atoms with Crippen molar-refractivity contribution in [3.63, 3.8) is 0 Å². The second-order valence-corrected chi connectivity index (χ2v) is 8.38. The zero-order chi connectivity index (χ0) is 20.8. The smallest absolute Gasteiger partial charge is 0.337 e. The number of pyridine rings is 1. The van der Waals surface area contributed by atoms with Gasteiger partial charge in [0.05, 0.1) is 30.6 Å². The third-order valence-corrected chi connectivity index (χ3v) is 6.65. The van der Waals surface area contributed by atoms with Crippen LogP contribution in [-0.2, 0) is 11.3 Å². The Morgan fingerprint density at radius 3 is 2.73 bits per heavy atom. The summed E-state index contributed by atoms with van der Waals surface area (Å²) in [6, 6.07) is 9.51. The van der Waals surface area contributed by atoms with Gasteiger partial charge in [-0.2, -0.15) is 0 Å². The quantitative estimate of drug-likeness (QED) is 0.630. The zero-order valence-corrected chi connectivity index (χ0v) is 17.0. The molecule has 2 atom stereocenters. The van der Waals surface area contributed by atoms with E-state index >= 15 is 0 Å². The Balaban J connectivity index is 1.84. The molecule has 2 aliphatic rings. The van der Waals surface area contributed by atoms with Crippen molar-refractivity contribution in [1.29, 1.82) is 0 Å². The highest BCUT2D eigenvalue weighted by Crippen LogP contribution is 2.47. The van der Waals surface area contributed by atoms with Crippen LogP contribution in [0.1, 0.15) is 65.7 Å². The Bertz CT molecular complexity index is 1110. The van der Waals surface area contributed by atoms with Crippen LogP contribution in [0.25, 0.3) is 22.2 Å². The van der Waals surface area contributed by atoms with E-state index in [0.717, 1.165) is 35.0 Å². The molecule has 2 N–H and O–H groups in total. The van der Waals surface area contributed by atoms with Crippen LogP contribution in [0.2, 0.25) is 0 Å². The first-order valence-electron chi connectivity index (χ1n) is 10.7. The molecule has 1 saturated carbocycles. The molecule has 1 aromatic carbocycles. The first-order valence-corrected chi connectivity index (χ1v) is 10.7. The third-order valence-electron chi connectivity index (χ3n) is 6.65. The van der Waals surface area contributed by atoms with Gasteiger partial charge in [0.1, 0.15) is 12.2 Å². The van der Waals surface area contributed by atoms with Crippen molar-refractivity contribution in [3.8, 4) is 11.3 Å². The minimum absolute atomic E-state index is 0.237. The topological polar surface area (TPSA) is 84.6 Å². The fourth-order valence-electron chi connectivity index (χ4n) is 5.23. The van der Waals surface area contributed by atoms with E-state index in [-0.39, 0.29) is 12.5 Å². The molecule has 6 nitrogen and oxygen atoms in total. The molecule has 3 aromatic rings. The first-order chi connectivity index (χ1) is 14.6. The van der Waals surface area contributed by atoms with E-state index in [1.54, 1.807) is 6.20 Å². The van der Waals surface area contributed by atoms with Crippen molar-refractivity contribution in [2.75, 3.05) is 7.11 Å². The van der Waals surface area contributed by atoms with Crippen molar-refractivity contribution in [2.45, 2.75) is 56.8 Å². The summed E-state index contributed by atoms with van der Waals surface area (Å²) >= 11 is 0. The fourth-order valence-corrected chi connectivity index (χ4v) is 5.23. The fraction of sp³-hybridized carbons (Fsp3) is 0.417. The minimum atomic E-state index is -1.06. The predicted octanol–water partition coefficient (Wildman–Crippen LogP) is 3.95. The number of aliphatic hydroxyl groups excluding tert-OH is 2. The largest absolute Gasteiger partial charge is 0.465 e. The molecular weight excluding hydrogens is 380 g/mol. The van der Waals surface area contributed by atoms with E-state index in [0.29, 0.717) is 17.2 Å². The molecule has 2 aromatic heterocycles. The molecule has 0 saturated heterocycles.